The number of benzene rings is 1. The summed E-state index contributed by atoms with van der Waals surface area (Å²) in [5.41, 5.74) is 4.43. The number of fused-ring (bicyclic) bond motifs is 1. The first-order chi connectivity index (χ1) is 15.1. The Balaban J connectivity index is 1.10. The van der Waals surface area contributed by atoms with E-state index in [0.717, 1.165) is 36.9 Å². The molecule has 0 saturated heterocycles. The third-order valence-corrected chi connectivity index (χ3v) is 6.91. The molecule has 162 valence electrons. The molecule has 2 aromatic rings. The van der Waals surface area contributed by atoms with Gasteiger partial charge in [-0.15, -0.1) is 0 Å². The lowest BCUT2D eigenvalue weighted by Gasteiger charge is -2.29. The summed E-state index contributed by atoms with van der Waals surface area (Å²) in [4.78, 5) is 30.6. The first kappa shape index (κ1) is 20.0. The van der Waals surface area contributed by atoms with Gasteiger partial charge in [0.1, 0.15) is 0 Å². The highest BCUT2D eigenvalue weighted by molar-refractivity contribution is 5.89. The predicted octanol–water partition coefficient (Wildman–Crippen LogP) is 4.57. The van der Waals surface area contributed by atoms with Crippen molar-refractivity contribution in [2.75, 3.05) is 5.32 Å². The van der Waals surface area contributed by atoms with Gasteiger partial charge in [-0.3, -0.25) is 9.78 Å². The normalized spacial score (nSPS) is 22.6. The third-order valence-electron chi connectivity index (χ3n) is 6.91. The molecular formula is C25H30N4O2. The van der Waals surface area contributed by atoms with Crippen LogP contribution in [-0.4, -0.2) is 27.9 Å². The number of pyridine rings is 1. The molecule has 1 aliphatic heterocycles. The van der Waals surface area contributed by atoms with Crippen LogP contribution in [0.3, 0.4) is 0 Å². The largest absolute Gasteiger partial charge is 0.353 e. The van der Waals surface area contributed by atoms with Crippen molar-refractivity contribution in [3.8, 4) is 0 Å². The molecule has 0 spiro atoms. The van der Waals surface area contributed by atoms with Gasteiger partial charge in [-0.25, -0.2) is 4.79 Å². The summed E-state index contributed by atoms with van der Waals surface area (Å²) < 4.78 is 0. The van der Waals surface area contributed by atoms with Gasteiger partial charge in [0.15, 0.2) is 0 Å². The van der Waals surface area contributed by atoms with Crippen molar-refractivity contribution in [3.63, 3.8) is 0 Å². The Morgan fingerprint density at radius 1 is 0.935 bits per heavy atom. The monoisotopic (exact) mass is 418 g/mol. The lowest BCUT2D eigenvalue weighted by Crippen LogP contribution is -2.37. The Kier molecular flexibility index (Phi) is 5.62. The minimum atomic E-state index is -0.0774. The molecule has 2 saturated carbocycles. The molecule has 6 nitrogen and oxygen atoms in total. The van der Waals surface area contributed by atoms with Crippen LogP contribution in [0.1, 0.15) is 67.6 Å². The van der Waals surface area contributed by atoms with Crippen LogP contribution in [0.5, 0.6) is 0 Å². The van der Waals surface area contributed by atoms with Gasteiger partial charge in [0, 0.05) is 43.6 Å². The van der Waals surface area contributed by atoms with Crippen LogP contribution in [0, 0.1) is 5.92 Å². The fraction of sp³-hybridized carbons (Fsp3) is 0.480. The maximum absolute atomic E-state index is 12.6. The first-order valence-corrected chi connectivity index (χ1v) is 11.5. The zero-order valence-corrected chi connectivity index (χ0v) is 17.8. The van der Waals surface area contributed by atoms with Crippen LogP contribution in [0.4, 0.5) is 10.5 Å². The smallest absolute Gasteiger partial charge is 0.322 e. The Hall–Kier alpha value is -2.89. The highest BCUT2D eigenvalue weighted by Gasteiger charge is 2.28. The van der Waals surface area contributed by atoms with E-state index in [-0.39, 0.29) is 11.9 Å². The average molecular weight is 419 g/mol. The molecule has 2 aliphatic carbocycles. The average Bonchev–Trinajstić information content (AvgIpc) is 3.48. The van der Waals surface area contributed by atoms with Gasteiger partial charge in [-0.1, -0.05) is 12.1 Å². The standard InChI is InChI=1S/C25H30N4O2/c30-24(13-17-1-2-17)27-22-7-3-18(4-8-22)19-5-9-23(10-6-19)28-25(31)29-15-20-11-12-26-14-21(20)16-29/h5-6,9-12,14,17-18,22H,1-4,7-8,13,15-16H2,(H,27,30)(H,28,31). The third kappa shape index (κ3) is 4.89. The zero-order valence-electron chi connectivity index (χ0n) is 17.8. The van der Waals surface area contributed by atoms with E-state index < -0.39 is 0 Å². The number of hydrogen-bond acceptors (Lipinski definition) is 3. The van der Waals surface area contributed by atoms with Crippen LogP contribution >= 0.6 is 0 Å². The lowest BCUT2D eigenvalue weighted by molar-refractivity contribution is -0.122. The van der Waals surface area contributed by atoms with Crippen molar-refractivity contribution in [3.05, 3.63) is 59.4 Å². The van der Waals surface area contributed by atoms with Crippen LogP contribution < -0.4 is 10.6 Å². The SMILES string of the molecule is O=C(CC1CC1)NC1CCC(c2ccc(NC(=O)N3Cc4ccncc4C3)cc2)CC1. The lowest BCUT2D eigenvalue weighted by atomic mass is 9.81. The number of rotatable bonds is 5. The minimum Gasteiger partial charge on any atom is -0.353 e. The molecular weight excluding hydrogens is 388 g/mol. The zero-order chi connectivity index (χ0) is 21.2. The van der Waals surface area contributed by atoms with E-state index in [1.807, 2.05) is 24.4 Å². The van der Waals surface area contributed by atoms with Gasteiger partial charge in [0.2, 0.25) is 5.91 Å². The summed E-state index contributed by atoms with van der Waals surface area (Å²) in [7, 11) is 0. The number of anilines is 1. The molecule has 31 heavy (non-hydrogen) atoms. The Morgan fingerprint density at radius 2 is 1.68 bits per heavy atom. The second kappa shape index (κ2) is 8.69. The van der Waals surface area contributed by atoms with Crippen molar-refractivity contribution in [2.24, 2.45) is 5.92 Å². The first-order valence-electron chi connectivity index (χ1n) is 11.5. The highest BCUT2D eigenvalue weighted by atomic mass is 16.2. The van der Waals surface area contributed by atoms with Crippen LogP contribution in [0.2, 0.25) is 0 Å². The summed E-state index contributed by atoms with van der Waals surface area (Å²) in [5.74, 6) is 1.42. The molecule has 5 rings (SSSR count). The number of urea groups is 1. The van der Waals surface area contributed by atoms with Crippen molar-refractivity contribution >= 4 is 17.6 Å². The van der Waals surface area contributed by atoms with Crippen molar-refractivity contribution in [2.45, 2.75) is 70.0 Å². The molecule has 2 fully saturated rings. The Bertz CT molecular complexity index is 921. The molecule has 2 heterocycles. The number of carbonyl (C=O) groups is 2. The fourth-order valence-electron chi connectivity index (χ4n) is 4.85. The topological polar surface area (TPSA) is 74.3 Å². The number of hydrogen-bond donors (Lipinski definition) is 2. The number of nitrogens with zero attached hydrogens (tertiary/aromatic N) is 2. The van der Waals surface area contributed by atoms with Gasteiger partial charge < -0.3 is 15.5 Å². The summed E-state index contributed by atoms with van der Waals surface area (Å²) in [6.45, 7) is 1.23. The molecule has 0 radical (unpaired) electrons. The maximum Gasteiger partial charge on any atom is 0.322 e. The van der Waals surface area contributed by atoms with Gasteiger partial charge in [0.05, 0.1) is 0 Å². The van der Waals surface area contributed by atoms with Gasteiger partial charge in [0.25, 0.3) is 0 Å². The molecule has 0 atom stereocenters. The number of amides is 3. The molecule has 6 heteroatoms. The molecule has 0 bridgehead atoms. The summed E-state index contributed by atoms with van der Waals surface area (Å²) >= 11 is 0. The predicted molar refractivity (Wildman–Crippen MR) is 119 cm³/mol. The van der Waals surface area contributed by atoms with Gasteiger partial charge in [-0.05, 0) is 85.3 Å². The van der Waals surface area contributed by atoms with E-state index in [0.29, 0.717) is 37.4 Å². The van der Waals surface area contributed by atoms with E-state index in [1.54, 1.807) is 11.1 Å². The minimum absolute atomic E-state index is 0.0774. The van der Waals surface area contributed by atoms with E-state index in [1.165, 1.54) is 24.0 Å². The Labute approximate surface area is 183 Å². The van der Waals surface area contributed by atoms with Crippen molar-refractivity contribution in [1.82, 2.24) is 15.2 Å². The van der Waals surface area contributed by atoms with Crippen LogP contribution in [0.25, 0.3) is 0 Å². The number of carbonyl (C=O) groups excluding carboxylic acids is 2. The molecule has 3 aliphatic rings. The van der Waals surface area contributed by atoms with E-state index >= 15 is 0 Å². The number of aromatic nitrogens is 1. The number of nitrogens with one attached hydrogen (secondary N) is 2. The molecule has 3 amide bonds. The van der Waals surface area contributed by atoms with Crippen LogP contribution in [-0.2, 0) is 17.9 Å². The summed E-state index contributed by atoms with van der Waals surface area (Å²) in [6.07, 6.45) is 11.1. The molecule has 2 N–H and O–H groups in total. The van der Waals surface area contributed by atoms with Crippen molar-refractivity contribution in [1.29, 1.82) is 0 Å². The van der Waals surface area contributed by atoms with Crippen LogP contribution in [0.15, 0.2) is 42.7 Å². The highest BCUT2D eigenvalue weighted by Crippen LogP contribution is 2.35. The van der Waals surface area contributed by atoms with Gasteiger partial charge >= 0.3 is 6.03 Å². The molecule has 0 unspecified atom stereocenters. The van der Waals surface area contributed by atoms with E-state index in [9.17, 15) is 9.59 Å². The molecule has 1 aromatic heterocycles. The Morgan fingerprint density at radius 3 is 2.39 bits per heavy atom. The van der Waals surface area contributed by atoms with Crippen molar-refractivity contribution < 1.29 is 9.59 Å². The molecule has 1 aromatic carbocycles. The second-order valence-electron chi connectivity index (χ2n) is 9.32. The fourth-order valence-corrected chi connectivity index (χ4v) is 4.85. The summed E-state index contributed by atoms with van der Waals surface area (Å²) in [6, 6.07) is 10.5. The van der Waals surface area contributed by atoms with E-state index in [2.05, 4.69) is 27.8 Å². The maximum atomic E-state index is 12.6. The summed E-state index contributed by atoms with van der Waals surface area (Å²) in [5, 5.41) is 6.25. The second-order valence-corrected chi connectivity index (χ2v) is 9.32. The quantitative estimate of drug-likeness (QED) is 0.747. The van der Waals surface area contributed by atoms with E-state index in [4.69, 9.17) is 0 Å². The van der Waals surface area contributed by atoms with Gasteiger partial charge in [-0.2, -0.15) is 0 Å².